The predicted molar refractivity (Wildman–Crippen MR) is 66.4 cm³/mol. The van der Waals surface area contributed by atoms with Gasteiger partial charge in [0.15, 0.2) is 0 Å². The van der Waals surface area contributed by atoms with Gasteiger partial charge in [0.1, 0.15) is 0 Å². The zero-order chi connectivity index (χ0) is 12.3. The van der Waals surface area contributed by atoms with Gasteiger partial charge >= 0.3 is 0 Å². The molecule has 0 aromatic carbocycles. The highest BCUT2D eigenvalue weighted by molar-refractivity contribution is 7.89. The highest BCUT2D eigenvalue weighted by Gasteiger charge is 2.34. The zero-order valence-corrected chi connectivity index (χ0v) is 11.2. The average Bonchev–Trinajstić information content (AvgIpc) is 2.55. The standard InChI is InChI=1S/C11H22N2O3S/c1-10-9-13(7-2-8-16-10)17(14,15)11-3-5-12-6-4-11/h10-12H,2-9H2,1H3. The maximum atomic E-state index is 12.5. The van der Waals surface area contributed by atoms with Crippen LogP contribution in [0.25, 0.3) is 0 Å². The molecular weight excluding hydrogens is 240 g/mol. The molecule has 0 aliphatic carbocycles. The fraction of sp³-hybridized carbons (Fsp3) is 1.00. The summed E-state index contributed by atoms with van der Waals surface area (Å²) in [6.45, 7) is 5.34. The molecule has 17 heavy (non-hydrogen) atoms. The summed E-state index contributed by atoms with van der Waals surface area (Å²) in [5, 5.41) is 3.00. The van der Waals surface area contributed by atoms with Crippen molar-refractivity contribution in [3.63, 3.8) is 0 Å². The highest BCUT2D eigenvalue weighted by Crippen LogP contribution is 2.20. The summed E-state index contributed by atoms with van der Waals surface area (Å²) >= 11 is 0. The molecule has 1 N–H and O–H groups in total. The number of ether oxygens (including phenoxy) is 1. The van der Waals surface area contributed by atoms with Crippen LogP contribution in [0.1, 0.15) is 26.2 Å². The summed E-state index contributed by atoms with van der Waals surface area (Å²) in [5.74, 6) is 0. The Morgan fingerprint density at radius 2 is 2.00 bits per heavy atom. The first kappa shape index (κ1) is 13.3. The van der Waals surface area contributed by atoms with E-state index in [0.717, 1.165) is 32.4 Å². The second-order valence-electron chi connectivity index (χ2n) is 4.89. The van der Waals surface area contributed by atoms with Gasteiger partial charge in [-0.1, -0.05) is 0 Å². The lowest BCUT2D eigenvalue weighted by atomic mass is 10.2. The molecule has 2 heterocycles. The molecule has 0 aromatic heterocycles. The van der Waals surface area contributed by atoms with Crippen LogP contribution in [-0.4, -0.2) is 56.9 Å². The lowest BCUT2D eigenvalue weighted by molar-refractivity contribution is 0.0751. The van der Waals surface area contributed by atoms with E-state index in [1.807, 2.05) is 6.92 Å². The Morgan fingerprint density at radius 1 is 1.29 bits per heavy atom. The van der Waals surface area contributed by atoms with Crippen LogP contribution in [0.5, 0.6) is 0 Å². The number of hydrogen-bond donors (Lipinski definition) is 1. The SMILES string of the molecule is CC1CN(S(=O)(=O)C2CCNCC2)CCCO1. The summed E-state index contributed by atoms with van der Waals surface area (Å²) in [5.41, 5.74) is 0. The molecule has 100 valence electrons. The Balaban J connectivity index is 2.07. The van der Waals surface area contributed by atoms with Crippen LogP contribution in [-0.2, 0) is 14.8 Å². The van der Waals surface area contributed by atoms with E-state index in [0.29, 0.717) is 19.7 Å². The van der Waals surface area contributed by atoms with Gasteiger partial charge < -0.3 is 10.1 Å². The minimum Gasteiger partial charge on any atom is -0.377 e. The number of piperidine rings is 1. The van der Waals surface area contributed by atoms with Gasteiger partial charge in [-0.3, -0.25) is 0 Å². The minimum atomic E-state index is -3.13. The third-order valence-corrected chi connectivity index (χ3v) is 5.85. The first-order valence-corrected chi connectivity index (χ1v) is 7.92. The first-order valence-electron chi connectivity index (χ1n) is 6.42. The molecule has 1 atom stereocenters. The van der Waals surface area contributed by atoms with Gasteiger partial charge in [0.05, 0.1) is 11.4 Å². The molecule has 0 radical (unpaired) electrons. The van der Waals surface area contributed by atoms with E-state index in [1.165, 1.54) is 0 Å². The fourth-order valence-electron chi connectivity index (χ4n) is 2.49. The summed E-state index contributed by atoms with van der Waals surface area (Å²) in [7, 11) is -3.13. The third-order valence-electron chi connectivity index (χ3n) is 3.48. The summed E-state index contributed by atoms with van der Waals surface area (Å²) in [6, 6.07) is 0. The molecule has 2 fully saturated rings. The maximum Gasteiger partial charge on any atom is 0.217 e. The van der Waals surface area contributed by atoms with Crippen molar-refractivity contribution in [3.05, 3.63) is 0 Å². The molecular formula is C11H22N2O3S. The molecule has 0 bridgehead atoms. The molecule has 0 aromatic rings. The minimum absolute atomic E-state index is 0.00832. The second-order valence-corrected chi connectivity index (χ2v) is 7.10. The van der Waals surface area contributed by atoms with E-state index in [9.17, 15) is 8.42 Å². The monoisotopic (exact) mass is 262 g/mol. The molecule has 6 heteroatoms. The van der Waals surface area contributed by atoms with Crippen LogP contribution in [0, 0.1) is 0 Å². The molecule has 2 aliphatic rings. The van der Waals surface area contributed by atoms with Crippen molar-refractivity contribution in [2.24, 2.45) is 0 Å². The van der Waals surface area contributed by atoms with Gasteiger partial charge in [-0.05, 0) is 39.3 Å². The Kier molecular flexibility index (Phi) is 4.41. The largest absolute Gasteiger partial charge is 0.377 e. The number of rotatable bonds is 2. The number of nitrogens with zero attached hydrogens (tertiary/aromatic N) is 1. The van der Waals surface area contributed by atoms with Crippen molar-refractivity contribution >= 4 is 10.0 Å². The molecule has 2 saturated heterocycles. The smallest absolute Gasteiger partial charge is 0.217 e. The van der Waals surface area contributed by atoms with Crippen LogP contribution < -0.4 is 5.32 Å². The molecule has 0 spiro atoms. The van der Waals surface area contributed by atoms with Crippen molar-refractivity contribution in [2.45, 2.75) is 37.5 Å². The van der Waals surface area contributed by atoms with Gasteiger partial charge in [0, 0.05) is 19.7 Å². The maximum absolute atomic E-state index is 12.5. The predicted octanol–water partition coefficient (Wildman–Crippen LogP) is 0.179. The van der Waals surface area contributed by atoms with Crippen molar-refractivity contribution in [1.29, 1.82) is 0 Å². The summed E-state index contributed by atoms with van der Waals surface area (Å²) in [6.07, 6.45) is 2.27. The molecule has 2 aliphatic heterocycles. The van der Waals surface area contributed by atoms with Crippen LogP contribution in [0.3, 0.4) is 0 Å². The van der Waals surface area contributed by atoms with Gasteiger partial charge in [-0.2, -0.15) is 4.31 Å². The quantitative estimate of drug-likeness (QED) is 0.771. The van der Waals surface area contributed by atoms with E-state index in [-0.39, 0.29) is 11.4 Å². The molecule has 5 nitrogen and oxygen atoms in total. The van der Waals surface area contributed by atoms with Crippen molar-refractivity contribution in [2.75, 3.05) is 32.8 Å². The number of hydrogen-bond acceptors (Lipinski definition) is 4. The van der Waals surface area contributed by atoms with Crippen molar-refractivity contribution < 1.29 is 13.2 Å². The van der Waals surface area contributed by atoms with Gasteiger partial charge in [-0.25, -0.2) is 8.42 Å². The van der Waals surface area contributed by atoms with Gasteiger partial charge in [0.2, 0.25) is 10.0 Å². The summed E-state index contributed by atoms with van der Waals surface area (Å²) in [4.78, 5) is 0. The molecule has 1 unspecified atom stereocenters. The van der Waals surface area contributed by atoms with Gasteiger partial charge in [-0.15, -0.1) is 0 Å². The Bertz CT molecular complexity index is 339. The molecule has 0 amide bonds. The Labute approximate surface area is 104 Å². The molecule has 0 saturated carbocycles. The third kappa shape index (κ3) is 3.19. The van der Waals surface area contributed by atoms with Gasteiger partial charge in [0.25, 0.3) is 0 Å². The van der Waals surface area contributed by atoms with E-state index >= 15 is 0 Å². The first-order chi connectivity index (χ1) is 8.10. The van der Waals surface area contributed by atoms with Crippen molar-refractivity contribution in [1.82, 2.24) is 9.62 Å². The molecule has 2 rings (SSSR count). The second kappa shape index (κ2) is 5.65. The van der Waals surface area contributed by atoms with E-state index in [4.69, 9.17) is 4.74 Å². The Hall–Kier alpha value is -0.170. The van der Waals surface area contributed by atoms with Crippen molar-refractivity contribution in [3.8, 4) is 0 Å². The zero-order valence-electron chi connectivity index (χ0n) is 10.4. The van der Waals surface area contributed by atoms with Crippen LogP contribution in [0.15, 0.2) is 0 Å². The van der Waals surface area contributed by atoms with E-state index in [1.54, 1.807) is 4.31 Å². The van der Waals surface area contributed by atoms with E-state index < -0.39 is 10.0 Å². The normalized spacial score (nSPS) is 30.1. The van der Waals surface area contributed by atoms with E-state index in [2.05, 4.69) is 5.32 Å². The topological polar surface area (TPSA) is 58.6 Å². The van der Waals surface area contributed by atoms with Crippen LogP contribution in [0.2, 0.25) is 0 Å². The highest BCUT2D eigenvalue weighted by atomic mass is 32.2. The number of sulfonamides is 1. The summed E-state index contributed by atoms with van der Waals surface area (Å²) < 4.78 is 32.1. The van der Waals surface area contributed by atoms with Crippen LogP contribution in [0.4, 0.5) is 0 Å². The Morgan fingerprint density at radius 3 is 2.71 bits per heavy atom. The number of nitrogens with one attached hydrogen (secondary N) is 1. The average molecular weight is 262 g/mol. The fourth-order valence-corrected chi connectivity index (χ4v) is 4.55. The lowest BCUT2D eigenvalue weighted by Crippen LogP contribution is -2.45. The lowest BCUT2D eigenvalue weighted by Gasteiger charge is -2.29. The van der Waals surface area contributed by atoms with Crippen LogP contribution >= 0.6 is 0 Å².